The van der Waals surface area contributed by atoms with Gasteiger partial charge in [-0.3, -0.25) is 19.4 Å². The molecule has 0 aliphatic carbocycles. The van der Waals surface area contributed by atoms with Gasteiger partial charge in [0.25, 0.3) is 0 Å². The van der Waals surface area contributed by atoms with Gasteiger partial charge in [0.05, 0.1) is 0 Å². The molecule has 0 aromatic rings. The van der Waals surface area contributed by atoms with Crippen molar-refractivity contribution in [1.82, 2.24) is 9.80 Å². The van der Waals surface area contributed by atoms with E-state index in [-0.39, 0.29) is 11.8 Å². The smallest absolute Gasteiger partial charge is 0.241 e. The van der Waals surface area contributed by atoms with Gasteiger partial charge in [-0.15, -0.1) is 0 Å². The molecule has 1 fully saturated rings. The van der Waals surface area contributed by atoms with Gasteiger partial charge in [0, 0.05) is 13.1 Å². The topological polar surface area (TPSA) is 40.6 Å². The molecule has 0 unspecified atom stereocenters. The highest BCUT2D eigenvalue weighted by Gasteiger charge is 2.39. The number of carbonyl (C=O) groups is 2. The third kappa shape index (κ3) is 1.52. The van der Waals surface area contributed by atoms with Crippen LogP contribution in [0.2, 0.25) is 0 Å². The molecular formula is C9H14N2O2S. The van der Waals surface area contributed by atoms with Gasteiger partial charge in [-0.25, -0.2) is 0 Å². The Labute approximate surface area is 88.9 Å². The van der Waals surface area contributed by atoms with Crippen molar-refractivity contribution in [2.75, 3.05) is 13.1 Å². The maximum atomic E-state index is 11.6. The molecule has 0 atom stereocenters. The summed E-state index contributed by atoms with van der Waals surface area (Å²) in [4.78, 5) is 26.2. The van der Waals surface area contributed by atoms with E-state index in [4.69, 9.17) is 12.2 Å². The lowest BCUT2D eigenvalue weighted by atomic mass is 10.1. The summed E-state index contributed by atoms with van der Waals surface area (Å²) in [5.41, 5.74) is 0. The van der Waals surface area contributed by atoms with Crippen molar-refractivity contribution in [3.63, 3.8) is 0 Å². The summed E-state index contributed by atoms with van der Waals surface area (Å²) in [6.07, 6.45) is 0. The zero-order chi connectivity index (χ0) is 10.9. The predicted molar refractivity (Wildman–Crippen MR) is 56.5 cm³/mol. The Morgan fingerprint density at radius 2 is 1.50 bits per heavy atom. The van der Waals surface area contributed by atoms with Crippen LogP contribution < -0.4 is 0 Å². The van der Waals surface area contributed by atoms with E-state index in [1.54, 1.807) is 6.92 Å². The number of hydrogen-bond acceptors (Lipinski definition) is 3. The molecule has 0 spiro atoms. The SMILES string of the molecule is CCN1C(=O)C(C)C(=O)N(CC)C1=S. The number of thiocarbonyl (C=S) groups is 1. The second-order valence-corrected chi connectivity index (χ2v) is 3.53. The third-order valence-electron chi connectivity index (χ3n) is 2.37. The zero-order valence-electron chi connectivity index (χ0n) is 8.61. The first-order valence-electron chi connectivity index (χ1n) is 4.71. The first-order chi connectivity index (χ1) is 6.54. The van der Waals surface area contributed by atoms with Crippen LogP contribution in [0.25, 0.3) is 0 Å². The number of amides is 2. The van der Waals surface area contributed by atoms with Gasteiger partial charge >= 0.3 is 0 Å². The van der Waals surface area contributed by atoms with Crippen LogP contribution in [0.3, 0.4) is 0 Å². The van der Waals surface area contributed by atoms with Crippen molar-refractivity contribution in [3.05, 3.63) is 0 Å². The Bertz CT molecular complexity index is 265. The summed E-state index contributed by atoms with van der Waals surface area (Å²) in [5, 5.41) is 0.336. The normalized spacial score (nSPS) is 19.5. The Morgan fingerprint density at radius 1 is 1.14 bits per heavy atom. The van der Waals surface area contributed by atoms with Gasteiger partial charge < -0.3 is 0 Å². The average Bonchev–Trinajstić information content (AvgIpc) is 2.16. The van der Waals surface area contributed by atoms with Crippen molar-refractivity contribution >= 4 is 29.1 Å². The highest BCUT2D eigenvalue weighted by molar-refractivity contribution is 7.80. The van der Waals surface area contributed by atoms with E-state index in [9.17, 15) is 9.59 Å². The number of hydrogen-bond donors (Lipinski definition) is 0. The van der Waals surface area contributed by atoms with Crippen LogP contribution in [-0.2, 0) is 9.59 Å². The molecule has 0 radical (unpaired) electrons. The van der Waals surface area contributed by atoms with Gasteiger partial charge in [-0.2, -0.15) is 0 Å². The van der Waals surface area contributed by atoms with Crippen molar-refractivity contribution < 1.29 is 9.59 Å². The van der Waals surface area contributed by atoms with Crippen LogP contribution in [0.5, 0.6) is 0 Å². The van der Waals surface area contributed by atoms with Crippen molar-refractivity contribution in [1.29, 1.82) is 0 Å². The first-order valence-corrected chi connectivity index (χ1v) is 5.12. The van der Waals surface area contributed by atoms with Crippen molar-refractivity contribution in [2.24, 2.45) is 5.92 Å². The molecule has 0 aromatic carbocycles. The van der Waals surface area contributed by atoms with E-state index >= 15 is 0 Å². The Balaban J connectivity index is 3.00. The van der Waals surface area contributed by atoms with E-state index in [0.29, 0.717) is 18.2 Å². The van der Waals surface area contributed by atoms with Crippen LogP contribution in [-0.4, -0.2) is 39.8 Å². The van der Waals surface area contributed by atoms with E-state index < -0.39 is 5.92 Å². The minimum absolute atomic E-state index is 0.188. The second kappa shape index (κ2) is 4.04. The first kappa shape index (κ1) is 11.1. The molecule has 5 heteroatoms. The molecule has 1 aliphatic rings. The molecule has 2 amide bonds. The summed E-state index contributed by atoms with van der Waals surface area (Å²) in [7, 11) is 0. The van der Waals surface area contributed by atoms with Crippen LogP contribution in [0.1, 0.15) is 20.8 Å². The minimum atomic E-state index is -0.596. The highest BCUT2D eigenvalue weighted by atomic mass is 32.1. The van der Waals surface area contributed by atoms with Crippen LogP contribution >= 0.6 is 12.2 Å². The van der Waals surface area contributed by atoms with Gasteiger partial charge in [0.1, 0.15) is 5.92 Å². The average molecular weight is 214 g/mol. The molecule has 0 aromatic heterocycles. The Hall–Kier alpha value is -0.970. The fourth-order valence-electron chi connectivity index (χ4n) is 1.49. The molecule has 0 bridgehead atoms. The van der Waals surface area contributed by atoms with E-state index in [2.05, 4.69) is 0 Å². The lowest BCUT2D eigenvalue weighted by Crippen LogP contribution is -2.58. The fourth-order valence-corrected chi connectivity index (χ4v) is 1.93. The predicted octanol–water partition coefficient (Wildman–Crippen LogP) is 0.618. The maximum absolute atomic E-state index is 11.6. The second-order valence-electron chi connectivity index (χ2n) is 3.17. The Morgan fingerprint density at radius 3 is 1.79 bits per heavy atom. The summed E-state index contributed by atoms with van der Waals surface area (Å²) >= 11 is 5.06. The quantitative estimate of drug-likeness (QED) is 0.500. The molecule has 0 N–H and O–H groups in total. The lowest BCUT2D eigenvalue weighted by Gasteiger charge is -2.37. The summed E-state index contributed by atoms with van der Waals surface area (Å²) < 4.78 is 0. The van der Waals surface area contributed by atoms with Gasteiger partial charge in [-0.05, 0) is 33.0 Å². The van der Waals surface area contributed by atoms with Crippen molar-refractivity contribution in [2.45, 2.75) is 20.8 Å². The Kier molecular flexibility index (Phi) is 3.21. The number of nitrogens with zero attached hydrogens (tertiary/aromatic N) is 2. The van der Waals surface area contributed by atoms with Gasteiger partial charge in [0.15, 0.2) is 5.11 Å². The van der Waals surface area contributed by atoms with E-state index in [0.717, 1.165) is 0 Å². The van der Waals surface area contributed by atoms with Crippen LogP contribution in [0.15, 0.2) is 0 Å². The molecule has 1 aliphatic heterocycles. The summed E-state index contributed by atoms with van der Waals surface area (Å²) in [6, 6.07) is 0. The molecule has 1 rings (SSSR count). The largest absolute Gasteiger partial charge is 0.288 e. The van der Waals surface area contributed by atoms with Crippen molar-refractivity contribution in [3.8, 4) is 0 Å². The highest BCUT2D eigenvalue weighted by Crippen LogP contribution is 2.16. The summed E-state index contributed by atoms with van der Waals surface area (Å²) in [5.74, 6) is -0.971. The number of rotatable bonds is 2. The minimum Gasteiger partial charge on any atom is -0.288 e. The maximum Gasteiger partial charge on any atom is 0.241 e. The molecule has 14 heavy (non-hydrogen) atoms. The van der Waals surface area contributed by atoms with Crippen LogP contribution in [0.4, 0.5) is 0 Å². The summed E-state index contributed by atoms with van der Waals surface area (Å²) in [6.45, 7) is 6.36. The van der Waals surface area contributed by atoms with Gasteiger partial charge in [0.2, 0.25) is 11.8 Å². The van der Waals surface area contributed by atoms with E-state index in [1.165, 1.54) is 9.80 Å². The lowest BCUT2D eigenvalue weighted by molar-refractivity contribution is -0.145. The van der Waals surface area contributed by atoms with Crippen LogP contribution in [0, 0.1) is 5.92 Å². The molecule has 4 nitrogen and oxygen atoms in total. The van der Waals surface area contributed by atoms with Gasteiger partial charge in [-0.1, -0.05) is 0 Å². The molecule has 0 saturated carbocycles. The monoisotopic (exact) mass is 214 g/mol. The van der Waals surface area contributed by atoms with E-state index in [1.807, 2.05) is 13.8 Å². The third-order valence-corrected chi connectivity index (χ3v) is 2.81. The molecule has 78 valence electrons. The molecule has 1 heterocycles. The number of carbonyl (C=O) groups excluding carboxylic acids is 2. The fraction of sp³-hybridized carbons (Fsp3) is 0.667. The standard InChI is InChI=1S/C9H14N2O2S/c1-4-10-7(12)6(3)8(13)11(5-2)9(10)14/h6H,4-5H2,1-3H3. The molecular weight excluding hydrogens is 200 g/mol. The zero-order valence-corrected chi connectivity index (χ0v) is 9.43. The molecule has 1 saturated heterocycles.